The predicted molar refractivity (Wildman–Crippen MR) is 65.6 cm³/mol. The zero-order chi connectivity index (χ0) is 12.4. The maximum Gasteiger partial charge on any atom is 0.163 e. The summed E-state index contributed by atoms with van der Waals surface area (Å²) in [5, 5.41) is 17.6. The van der Waals surface area contributed by atoms with E-state index < -0.39 is 0 Å². The van der Waals surface area contributed by atoms with Crippen molar-refractivity contribution in [3.63, 3.8) is 0 Å². The Morgan fingerprint density at radius 3 is 2.82 bits per heavy atom. The van der Waals surface area contributed by atoms with Crippen molar-refractivity contribution in [2.75, 3.05) is 11.9 Å². The summed E-state index contributed by atoms with van der Waals surface area (Å²) in [6.45, 7) is 4.18. The molecule has 0 radical (unpaired) electrons. The summed E-state index contributed by atoms with van der Waals surface area (Å²) >= 11 is 0. The highest BCUT2D eigenvalue weighted by atomic mass is 16.3. The number of rotatable bonds is 4. The van der Waals surface area contributed by atoms with Gasteiger partial charge in [0.15, 0.2) is 5.65 Å². The van der Waals surface area contributed by atoms with Crippen molar-refractivity contribution in [1.82, 2.24) is 19.7 Å². The van der Waals surface area contributed by atoms with Gasteiger partial charge in [0.1, 0.15) is 12.1 Å². The summed E-state index contributed by atoms with van der Waals surface area (Å²) in [6, 6.07) is -0.0201. The Morgan fingerprint density at radius 2 is 2.18 bits per heavy atom. The molecule has 2 N–H and O–H groups in total. The van der Waals surface area contributed by atoms with E-state index in [0.29, 0.717) is 5.92 Å². The SMILES string of the molecule is CC(C)C(CO)Nc1ncnc2c1cnn2C. The van der Waals surface area contributed by atoms with Crippen LogP contribution in [-0.4, -0.2) is 37.5 Å². The average Bonchev–Trinajstić information content (AvgIpc) is 2.69. The Kier molecular flexibility index (Phi) is 3.23. The summed E-state index contributed by atoms with van der Waals surface area (Å²) < 4.78 is 1.70. The molecule has 1 unspecified atom stereocenters. The number of anilines is 1. The number of fused-ring (bicyclic) bond motifs is 1. The second kappa shape index (κ2) is 4.67. The van der Waals surface area contributed by atoms with Gasteiger partial charge in [-0.25, -0.2) is 9.97 Å². The standard InChI is InChI=1S/C11H17N5O/c1-7(2)9(5-17)15-10-8-4-14-16(3)11(8)13-6-12-10/h4,6-7,9,17H,5H2,1-3H3,(H,12,13,15). The molecule has 0 bridgehead atoms. The monoisotopic (exact) mass is 235 g/mol. The molecule has 2 rings (SSSR count). The van der Waals surface area contributed by atoms with Crippen LogP contribution in [-0.2, 0) is 7.05 Å². The molecule has 2 aromatic heterocycles. The van der Waals surface area contributed by atoms with E-state index in [0.717, 1.165) is 16.9 Å². The largest absolute Gasteiger partial charge is 0.394 e. The van der Waals surface area contributed by atoms with Gasteiger partial charge in [0.2, 0.25) is 0 Å². The van der Waals surface area contributed by atoms with Crippen LogP contribution < -0.4 is 5.32 Å². The van der Waals surface area contributed by atoms with Crippen LogP contribution in [0.2, 0.25) is 0 Å². The fourth-order valence-corrected chi connectivity index (χ4v) is 1.68. The predicted octanol–water partition coefficient (Wildman–Crippen LogP) is 0.792. The summed E-state index contributed by atoms with van der Waals surface area (Å²) in [4.78, 5) is 8.37. The van der Waals surface area contributed by atoms with E-state index in [2.05, 4.69) is 34.2 Å². The number of hydrogen-bond donors (Lipinski definition) is 2. The first-order valence-corrected chi connectivity index (χ1v) is 5.63. The fourth-order valence-electron chi connectivity index (χ4n) is 1.68. The molecule has 0 saturated carbocycles. The molecule has 6 nitrogen and oxygen atoms in total. The van der Waals surface area contributed by atoms with Gasteiger partial charge >= 0.3 is 0 Å². The van der Waals surface area contributed by atoms with Gasteiger partial charge in [0.05, 0.1) is 24.2 Å². The van der Waals surface area contributed by atoms with Gasteiger partial charge in [-0.3, -0.25) is 4.68 Å². The second-order valence-electron chi connectivity index (χ2n) is 4.41. The normalized spacial score (nSPS) is 13.2. The number of aryl methyl sites for hydroxylation is 1. The first-order valence-electron chi connectivity index (χ1n) is 5.63. The molecule has 17 heavy (non-hydrogen) atoms. The van der Waals surface area contributed by atoms with Crippen LogP contribution in [0.4, 0.5) is 5.82 Å². The lowest BCUT2D eigenvalue weighted by Gasteiger charge is -2.20. The number of aromatic nitrogens is 4. The molecule has 0 amide bonds. The zero-order valence-corrected chi connectivity index (χ0v) is 10.3. The van der Waals surface area contributed by atoms with Crippen molar-refractivity contribution in [1.29, 1.82) is 0 Å². The fraction of sp³-hybridized carbons (Fsp3) is 0.545. The Morgan fingerprint density at radius 1 is 1.41 bits per heavy atom. The molecular weight excluding hydrogens is 218 g/mol. The molecule has 0 aliphatic heterocycles. The van der Waals surface area contributed by atoms with E-state index in [1.807, 2.05) is 7.05 Å². The number of nitrogens with one attached hydrogen (secondary N) is 1. The van der Waals surface area contributed by atoms with Gasteiger partial charge in [-0.15, -0.1) is 0 Å². The van der Waals surface area contributed by atoms with Crippen molar-refractivity contribution in [2.45, 2.75) is 19.9 Å². The van der Waals surface area contributed by atoms with E-state index >= 15 is 0 Å². The van der Waals surface area contributed by atoms with Gasteiger partial charge in [0.25, 0.3) is 0 Å². The Balaban J connectivity index is 2.35. The smallest absolute Gasteiger partial charge is 0.163 e. The topological polar surface area (TPSA) is 75.9 Å². The molecule has 2 heterocycles. The van der Waals surface area contributed by atoms with Gasteiger partial charge in [-0.2, -0.15) is 5.10 Å². The van der Waals surface area contributed by atoms with Crippen LogP contribution in [0.15, 0.2) is 12.5 Å². The lowest BCUT2D eigenvalue weighted by atomic mass is 10.1. The van der Waals surface area contributed by atoms with E-state index in [1.54, 1.807) is 10.9 Å². The molecule has 0 spiro atoms. The molecule has 0 fully saturated rings. The van der Waals surface area contributed by atoms with Crippen molar-refractivity contribution < 1.29 is 5.11 Å². The third kappa shape index (κ3) is 2.21. The van der Waals surface area contributed by atoms with Gasteiger partial charge in [0, 0.05) is 7.05 Å². The maximum absolute atomic E-state index is 9.31. The maximum atomic E-state index is 9.31. The van der Waals surface area contributed by atoms with Crippen LogP contribution in [0.25, 0.3) is 11.0 Å². The highest BCUT2D eigenvalue weighted by molar-refractivity contribution is 5.86. The number of aliphatic hydroxyl groups is 1. The molecule has 6 heteroatoms. The molecule has 0 aliphatic carbocycles. The molecular formula is C11H17N5O. The van der Waals surface area contributed by atoms with Crippen molar-refractivity contribution in [2.24, 2.45) is 13.0 Å². The summed E-state index contributed by atoms with van der Waals surface area (Å²) in [7, 11) is 1.84. The molecule has 0 aromatic carbocycles. The lowest BCUT2D eigenvalue weighted by Crippen LogP contribution is -2.29. The molecule has 92 valence electrons. The Bertz CT molecular complexity index is 508. The van der Waals surface area contributed by atoms with Crippen LogP contribution in [0.5, 0.6) is 0 Å². The zero-order valence-electron chi connectivity index (χ0n) is 10.3. The molecule has 2 aromatic rings. The van der Waals surface area contributed by atoms with Crippen LogP contribution in [0.1, 0.15) is 13.8 Å². The van der Waals surface area contributed by atoms with Crippen LogP contribution >= 0.6 is 0 Å². The van der Waals surface area contributed by atoms with Gasteiger partial charge < -0.3 is 10.4 Å². The van der Waals surface area contributed by atoms with E-state index in [1.165, 1.54) is 6.33 Å². The average molecular weight is 235 g/mol. The summed E-state index contributed by atoms with van der Waals surface area (Å²) in [6.07, 6.45) is 3.23. The third-order valence-corrected chi connectivity index (χ3v) is 2.85. The molecule has 1 atom stereocenters. The highest BCUT2D eigenvalue weighted by Crippen LogP contribution is 2.19. The number of nitrogens with zero attached hydrogens (tertiary/aromatic N) is 4. The lowest BCUT2D eigenvalue weighted by molar-refractivity contribution is 0.249. The minimum absolute atomic E-state index is 0.0201. The van der Waals surface area contributed by atoms with Crippen LogP contribution in [0.3, 0.4) is 0 Å². The minimum Gasteiger partial charge on any atom is -0.394 e. The first kappa shape index (κ1) is 11.8. The summed E-state index contributed by atoms with van der Waals surface area (Å²) in [5.41, 5.74) is 0.781. The number of aliphatic hydroxyl groups excluding tert-OH is 1. The molecule has 0 aliphatic rings. The second-order valence-corrected chi connectivity index (χ2v) is 4.41. The minimum atomic E-state index is -0.0201. The first-order chi connectivity index (χ1) is 8.13. The quantitative estimate of drug-likeness (QED) is 0.819. The number of hydrogen-bond acceptors (Lipinski definition) is 5. The van der Waals surface area contributed by atoms with Gasteiger partial charge in [-0.05, 0) is 5.92 Å². The highest BCUT2D eigenvalue weighted by Gasteiger charge is 2.15. The van der Waals surface area contributed by atoms with Crippen molar-refractivity contribution in [3.05, 3.63) is 12.5 Å². The van der Waals surface area contributed by atoms with E-state index in [-0.39, 0.29) is 12.6 Å². The van der Waals surface area contributed by atoms with Crippen molar-refractivity contribution >= 4 is 16.9 Å². The van der Waals surface area contributed by atoms with Crippen LogP contribution in [0, 0.1) is 5.92 Å². The Labute approximate surface area is 99.7 Å². The Hall–Kier alpha value is -1.69. The molecule has 0 saturated heterocycles. The summed E-state index contributed by atoms with van der Waals surface area (Å²) in [5.74, 6) is 1.04. The van der Waals surface area contributed by atoms with Crippen molar-refractivity contribution in [3.8, 4) is 0 Å². The van der Waals surface area contributed by atoms with Gasteiger partial charge in [-0.1, -0.05) is 13.8 Å². The van der Waals surface area contributed by atoms with E-state index in [9.17, 15) is 5.11 Å². The third-order valence-electron chi connectivity index (χ3n) is 2.85. The van der Waals surface area contributed by atoms with E-state index in [4.69, 9.17) is 0 Å².